The van der Waals surface area contributed by atoms with E-state index in [-0.39, 0.29) is 11.5 Å². The van der Waals surface area contributed by atoms with Crippen LogP contribution in [0.1, 0.15) is 41.3 Å². The predicted octanol–water partition coefficient (Wildman–Crippen LogP) is 3.62. The minimum Gasteiger partial charge on any atom is -0.337 e. The molecule has 0 bridgehead atoms. The molecule has 0 saturated heterocycles. The van der Waals surface area contributed by atoms with E-state index < -0.39 is 5.95 Å². The van der Waals surface area contributed by atoms with E-state index in [0.717, 1.165) is 5.56 Å². The van der Waals surface area contributed by atoms with Gasteiger partial charge in [0.25, 0.3) is 5.91 Å². The number of pyridine rings is 1. The van der Waals surface area contributed by atoms with E-state index in [1.807, 2.05) is 12.1 Å². The molecule has 4 heteroatoms. The van der Waals surface area contributed by atoms with Crippen LogP contribution in [0, 0.1) is 5.95 Å². The Hall–Kier alpha value is -2.23. The highest BCUT2D eigenvalue weighted by atomic mass is 19.1. The Morgan fingerprint density at radius 3 is 2.48 bits per heavy atom. The lowest BCUT2D eigenvalue weighted by Crippen LogP contribution is -2.27. The first-order chi connectivity index (χ1) is 9.99. The molecule has 0 atom stereocenters. The van der Waals surface area contributed by atoms with Crippen LogP contribution in [0.25, 0.3) is 0 Å². The standard InChI is InChI=1S/C17H19FN2O/c1-12(2)14-8-6-13(7-9-14)11-20(3)17(21)15-5-4-10-19-16(15)18/h4-10,12H,11H2,1-3H3. The van der Waals surface area contributed by atoms with Crippen molar-refractivity contribution in [1.29, 1.82) is 0 Å². The van der Waals surface area contributed by atoms with Gasteiger partial charge in [0.15, 0.2) is 0 Å². The van der Waals surface area contributed by atoms with Crippen molar-refractivity contribution in [3.05, 3.63) is 65.2 Å². The van der Waals surface area contributed by atoms with Gasteiger partial charge in [-0.05, 0) is 29.2 Å². The summed E-state index contributed by atoms with van der Waals surface area (Å²) in [7, 11) is 1.66. The molecule has 0 saturated carbocycles. The number of nitrogens with zero attached hydrogens (tertiary/aromatic N) is 2. The molecule has 0 unspecified atom stereocenters. The molecule has 1 aromatic heterocycles. The molecule has 2 aromatic rings. The van der Waals surface area contributed by atoms with E-state index in [9.17, 15) is 9.18 Å². The third-order valence-corrected chi connectivity index (χ3v) is 3.40. The van der Waals surface area contributed by atoms with E-state index in [0.29, 0.717) is 12.5 Å². The van der Waals surface area contributed by atoms with Gasteiger partial charge in [-0.3, -0.25) is 4.79 Å². The number of aromatic nitrogens is 1. The fraction of sp³-hybridized carbons (Fsp3) is 0.294. The van der Waals surface area contributed by atoms with E-state index >= 15 is 0 Å². The number of carbonyl (C=O) groups excluding carboxylic acids is 1. The number of amides is 1. The summed E-state index contributed by atoms with van der Waals surface area (Å²) in [6.45, 7) is 4.71. The zero-order valence-corrected chi connectivity index (χ0v) is 12.5. The van der Waals surface area contributed by atoms with E-state index in [4.69, 9.17) is 0 Å². The molecule has 1 amide bonds. The molecule has 0 radical (unpaired) electrons. The van der Waals surface area contributed by atoms with Gasteiger partial charge in [0.1, 0.15) is 0 Å². The highest BCUT2D eigenvalue weighted by molar-refractivity contribution is 5.93. The lowest BCUT2D eigenvalue weighted by atomic mass is 10.0. The van der Waals surface area contributed by atoms with Crippen molar-refractivity contribution in [1.82, 2.24) is 9.88 Å². The van der Waals surface area contributed by atoms with Crippen LogP contribution in [0.2, 0.25) is 0 Å². The third-order valence-electron chi connectivity index (χ3n) is 3.40. The average Bonchev–Trinajstić information content (AvgIpc) is 2.47. The van der Waals surface area contributed by atoms with Crippen LogP contribution in [0.3, 0.4) is 0 Å². The van der Waals surface area contributed by atoms with Crippen LogP contribution in [0.5, 0.6) is 0 Å². The van der Waals surface area contributed by atoms with E-state index in [2.05, 4.69) is 31.0 Å². The van der Waals surface area contributed by atoms with Crippen LogP contribution >= 0.6 is 0 Å². The Labute approximate surface area is 124 Å². The summed E-state index contributed by atoms with van der Waals surface area (Å²) in [5.41, 5.74) is 2.27. The second-order valence-corrected chi connectivity index (χ2v) is 5.40. The second kappa shape index (κ2) is 6.48. The topological polar surface area (TPSA) is 33.2 Å². The third kappa shape index (κ3) is 3.66. The normalized spacial score (nSPS) is 10.7. The minimum absolute atomic E-state index is 0.00111. The zero-order valence-electron chi connectivity index (χ0n) is 12.5. The molecule has 21 heavy (non-hydrogen) atoms. The first-order valence-corrected chi connectivity index (χ1v) is 6.94. The van der Waals surface area contributed by atoms with Gasteiger partial charge in [-0.2, -0.15) is 4.39 Å². The molecule has 0 spiro atoms. The van der Waals surface area contributed by atoms with Crippen molar-refractivity contribution >= 4 is 5.91 Å². The molecular weight excluding hydrogens is 267 g/mol. The molecule has 1 aromatic carbocycles. The lowest BCUT2D eigenvalue weighted by molar-refractivity contribution is 0.0779. The minimum atomic E-state index is -0.732. The molecule has 2 rings (SSSR count). The van der Waals surface area contributed by atoms with Gasteiger partial charge in [0.05, 0.1) is 5.56 Å². The number of halogens is 1. The Bertz CT molecular complexity index is 623. The van der Waals surface area contributed by atoms with E-state index in [1.165, 1.54) is 22.7 Å². The Morgan fingerprint density at radius 1 is 1.24 bits per heavy atom. The number of hydrogen-bond acceptors (Lipinski definition) is 2. The number of carbonyl (C=O) groups is 1. The summed E-state index contributed by atoms with van der Waals surface area (Å²) < 4.78 is 13.5. The summed E-state index contributed by atoms with van der Waals surface area (Å²) in [5.74, 6) is -0.624. The monoisotopic (exact) mass is 286 g/mol. The molecule has 1 heterocycles. The van der Waals surface area contributed by atoms with Crippen LogP contribution in [0.15, 0.2) is 42.6 Å². The highest BCUT2D eigenvalue weighted by Gasteiger charge is 2.16. The summed E-state index contributed by atoms with van der Waals surface area (Å²) in [6.07, 6.45) is 1.33. The first-order valence-electron chi connectivity index (χ1n) is 6.94. The van der Waals surface area contributed by atoms with Crippen LogP contribution < -0.4 is 0 Å². The lowest BCUT2D eigenvalue weighted by Gasteiger charge is -2.18. The smallest absolute Gasteiger partial charge is 0.258 e. The van der Waals surface area contributed by atoms with Crippen LogP contribution in [0.4, 0.5) is 4.39 Å². The van der Waals surface area contributed by atoms with E-state index in [1.54, 1.807) is 13.1 Å². The fourth-order valence-electron chi connectivity index (χ4n) is 2.10. The molecular formula is C17H19FN2O. The number of hydrogen-bond donors (Lipinski definition) is 0. The van der Waals surface area contributed by atoms with Gasteiger partial charge in [-0.1, -0.05) is 38.1 Å². The molecule has 3 nitrogen and oxygen atoms in total. The second-order valence-electron chi connectivity index (χ2n) is 5.40. The van der Waals surface area contributed by atoms with Crippen molar-refractivity contribution in [3.63, 3.8) is 0 Å². The van der Waals surface area contributed by atoms with Crippen LogP contribution in [-0.4, -0.2) is 22.8 Å². The Balaban J connectivity index is 2.09. The quantitative estimate of drug-likeness (QED) is 0.804. The number of rotatable bonds is 4. The summed E-state index contributed by atoms with van der Waals surface area (Å²) >= 11 is 0. The first kappa shape index (κ1) is 15.2. The molecule has 0 aliphatic heterocycles. The molecule has 0 fully saturated rings. The Morgan fingerprint density at radius 2 is 1.90 bits per heavy atom. The van der Waals surface area contributed by atoms with Crippen molar-refractivity contribution in [2.45, 2.75) is 26.3 Å². The summed E-state index contributed by atoms with van der Waals surface area (Å²) in [4.78, 5) is 17.2. The van der Waals surface area contributed by atoms with Gasteiger partial charge in [0.2, 0.25) is 5.95 Å². The molecule has 0 aliphatic carbocycles. The maximum atomic E-state index is 13.5. The summed E-state index contributed by atoms with van der Waals surface area (Å²) in [6, 6.07) is 11.1. The molecule has 0 aliphatic rings. The highest BCUT2D eigenvalue weighted by Crippen LogP contribution is 2.16. The Kier molecular flexibility index (Phi) is 4.68. The zero-order chi connectivity index (χ0) is 15.4. The van der Waals surface area contributed by atoms with Gasteiger partial charge in [0, 0.05) is 19.8 Å². The molecule has 110 valence electrons. The van der Waals surface area contributed by atoms with Crippen molar-refractivity contribution in [2.75, 3.05) is 7.05 Å². The van der Waals surface area contributed by atoms with Gasteiger partial charge >= 0.3 is 0 Å². The number of benzene rings is 1. The molecule has 0 N–H and O–H groups in total. The van der Waals surface area contributed by atoms with Crippen LogP contribution in [-0.2, 0) is 6.54 Å². The fourth-order valence-corrected chi connectivity index (χ4v) is 2.10. The average molecular weight is 286 g/mol. The largest absolute Gasteiger partial charge is 0.337 e. The van der Waals surface area contributed by atoms with Crippen molar-refractivity contribution in [3.8, 4) is 0 Å². The van der Waals surface area contributed by atoms with Gasteiger partial charge in [-0.25, -0.2) is 4.98 Å². The maximum Gasteiger partial charge on any atom is 0.258 e. The summed E-state index contributed by atoms with van der Waals surface area (Å²) in [5, 5.41) is 0. The SMILES string of the molecule is CC(C)c1ccc(CN(C)C(=O)c2cccnc2F)cc1. The maximum absolute atomic E-state index is 13.5. The van der Waals surface area contributed by atoms with Crippen molar-refractivity contribution in [2.24, 2.45) is 0 Å². The van der Waals surface area contributed by atoms with Gasteiger partial charge in [-0.15, -0.1) is 0 Å². The van der Waals surface area contributed by atoms with Gasteiger partial charge < -0.3 is 4.90 Å². The predicted molar refractivity (Wildman–Crippen MR) is 80.5 cm³/mol. The van der Waals surface area contributed by atoms with Crippen molar-refractivity contribution < 1.29 is 9.18 Å².